The highest BCUT2D eigenvalue weighted by Crippen LogP contribution is 2.16. The second-order valence-electron chi connectivity index (χ2n) is 6.83. The zero-order chi connectivity index (χ0) is 16.3. The Labute approximate surface area is 131 Å². The van der Waals surface area contributed by atoms with Crippen molar-refractivity contribution in [3.63, 3.8) is 0 Å². The summed E-state index contributed by atoms with van der Waals surface area (Å²) >= 11 is 0. The Kier molecular flexibility index (Phi) is 4.95. The molecule has 1 aromatic heterocycles. The highest BCUT2D eigenvalue weighted by Gasteiger charge is 2.26. The molecule has 2 heterocycles. The van der Waals surface area contributed by atoms with Gasteiger partial charge in [0.05, 0.1) is 11.4 Å². The fourth-order valence-electron chi connectivity index (χ4n) is 2.52. The first-order valence-corrected chi connectivity index (χ1v) is 7.74. The Hall–Kier alpha value is -1.76. The molecular formula is C15H27N5O2. The molecule has 1 fully saturated rings. The molecule has 0 radical (unpaired) electrons. The topological polar surface area (TPSA) is 85.4 Å². The van der Waals surface area contributed by atoms with Crippen LogP contribution in [0.4, 0.5) is 10.5 Å². The number of nitrogen functional groups attached to an aromatic ring is 1. The van der Waals surface area contributed by atoms with E-state index in [-0.39, 0.29) is 6.09 Å². The van der Waals surface area contributed by atoms with E-state index in [2.05, 4.69) is 10.4 Å². The molecular weight excluding hydrogens is 282 g/mol. The molecule has 7 heteroatoms. The number of nitrogens with one attached hydrogen (secondary N) is 1. The molecule has 22 heavy (non-hydrogen) atoms. The lowest BCUT2D eigenvalue weighted by Crippen LogP contribution is -2.46. The van der Waals surface area contributed by atoms with Crippen LogP contribution in [0.3, 0.4) is 0 Å². The zero-order valence-electron chi connectivity index (χ0n) is 13.9. The normalized spacial score (nSPS) is 16.8. The minimum absolute atomic E-state index is 0.222. The van der Waals surface area contributed by atoms with E-state index in [9.17, 15) is 4.79 Å². The number of ether oxygens (including phenoxy) is 1. The smallest absolute Gasteiger partial charge is 0.410 e. The van der Waals surface area contributed by atoms with E-state index in [1.54, 1.807) is 9.58 Å². The van der Waals surface area contributed by atoms with Crippen LogP contribution < -0.4 is 11.1 Å². The lowest BCUT2D eigenvalue weighted by molar-refractivity contribution is 0.0198. The number of carbonyl (C=O) groups is 1. The van der Waals surface area contributed by atoms with Gasteiger partial charge in [0.2, 0.25) is 0 Å². The number of hydrogen-bond acceptors (Lipinski definition) is 5. The predicted molar refractivity (Wildman–Crippen MR) is 85.3 cm³/mol. The van der Waals surface area contributed by atoms with Gasteiger partial charge in [-0.05, 0) is 33.6 Å². The molecule has 7 nitrogen and oxygen atoms in total. The third kappa shape index (κ3) is 4.62. The maximum Gasteiger partial charge on any atom is 0.410 e. The van der Waals surface area contributed by atoms with Gasteiger partial charge < -0.3 is 20.7 Å². The van der Waals surface area contributed by atoms with Gasteiger partial charge in [-0.3, -0.25) is 4.68 Å². The van der Waals surface area contributed by atoms with Crippen LogP contribution in [0.25, 0.3) is 0 Å². The average molecular weight is 309 g/mol. The number of piperidine rings is 1. The zero-order valence-corrected chi connectivity index (χ0v) is 13.9. The Morgan fingerprint density at radius 1 is 1.45 bits per heavy atom. The Morgan fingerprint density at radius 2 is 2.09 bits per heavy atom. The van der Waals surface area contributed by atoms with Crippen molar-refractivity contribution in [2.24, 2.45) is 7.05 Å². The van der Waals surface area contributed by atoms with Gasteiger partial charge in [-0.2, -0.15) is 5.10 Å². The third-order valence-corrected chi connectivity index (χ3v) is 3.64. The van der Waals surface area contributed by atoms with Crippen LogP contribution in [0.1, 0.15) is 39.3 Å². The quantitative estimate of drug-likeness (QED) is 0.883. The van der Waals surface area contributed by atoms with Crippen molar-refractivity contribution < 1.29 is 9.53 Å². The summed E-state index contributed by atoms with van der Waals surface area (Å²) in [5, 5.41) is 7.79. The number of likely N-dealkylation sites (tertiary alicyclic amines) is 1. The van der Waals surface area contributed by atoms with Gasteiger partial charge in [-0.25, -0.2) is 4.79 Å². The standard InChI is InChI=1S/C15H27N5O2/c1-15(2,3)22-14(21)20-7-5-11(6-8-20)17-9-13-12(16)10-19(4)18-13/h10-11,17H,5-9,16H2,1-4H3. The van der Waals surface area contributed by atoms with Crippen molar-refractivity contribution in [2.75, 3.05) is 18.8 Å². The van der Waals surface area contributed by atoms with E-state index in [0.29, 0.717) is 31.4 Å². The summed E-state index contributed by atoms with van der Waals surface area (Å²) in [6.07, 6.45) is 3.40. The first-order valence-electron chi connectivity index (χ1n) is 7.74. The summed E-state index contributed by atoms with van der Waals surface area (Å²) in [6.45, 7) is 7.74. The molecule has 1 aromatic rings. The van der Waals surface area contributed by atoms with Crippen LogP contribution in [0.2, 0.25) is 0 Å². The van der Waals surface area contributed by atoms with Crippen molar-refractivity contribution >= 4 is 11.8 Å². The molecule has 1 amide bonds. The fourth-order valence-corrected chi connectivity index (χ4v) is 2.52. The number of anilines is 1. The first-order chi connectivity index (χ1) is 10.2. The Morgan fingerprint density at radius 3 is 2.59 bits per heavy atom. The predicted octanol–water partition coefficient (Wildman–Crippen LogP) is 1.49. The van der Waals surface area contributed by atoms with E-state index < -0.39 is 5.60 Å². The summed E-state index contributed by atoms with van der Waals surface area (Å²) in [6, 6.07) is 0.375. The van der Waals surface area contributed by atoms with Crippen LogP contribution in [0.5, 0.6) is 0 Å². The molecule has 2 rings (SSSR count). The van der Waals surface area contributed by atoms with Gasteiger partial charge in [0.15, 0.2) is 0 Å². The number of aromatic nitrogens is 2. The van der Waals surface area contributed by atoms with Crippen LogP contribution in [0.15, 0.2) is 6.20 Å². The van der Waals surface area contributed by atoms with E-state index in [1.807, 2.05) is 34.0 Å². The maximum absolute atomic E-state index is 12.0. The number of nitrogens with two attached hydrogens (primary N) is 1. The molecule has 3 N–H and O–H groups in total. The summed E-state index contributed by atoms with van der Waals surface area (Å²) in [5.41, 5.74) is 7.02. The molecule has 0 atom stereocenters. The number of amides is 1. The van der Waals surface area contributed by atoms with Crippen LogP contribution in [-0.4, -0.2) is 45.5 Å². The van der Waals surface area contributed by atoms with E-state index in [0.717, 1.165) is 18.5 Å². The summed E-state index contributed by atoms with van der Waals surface area (Å²) in [7, 11) is 1.86. The SMILES string of the molecule is Cn1cc(N)c(CNC2CCN(C(=O)OC(C)(C)C)CC2)n1. The van der Waals surface area contributed by atoms with Crippen molar-refractivity contribution in [3.05, 3.63) is 11.9 Å². The minimum atomic E-state index is -0.442. The molecule has 0 saturated carbocycles. The average Bonchev–Trinajstić information content (AvgIpc) is 2.73. The largest absolute Gasteiger partial charge is 0.444 e. The lowest BCUT2D eigenvalue weighted by Gasteiger charge is -2.33. The maximum atomic E-state index is 12.0. The van der Waals surface area contributed by atoms with Crippen LogP contribution >= 0.6 is 0 Å². The number of rotatable bonds is 3. The summed E-state index contributed by atoms with van der Waals surface area (Å²) < 4.78 is 7.12. The van der Waals surface area contributed by atoms with Gasteiger partial charge in [-0.15, -0.1) is 0 Å². The Balaban J connectivity index is 1.75. The number of carbonyl (C=O) groups excluding carboxylic acids is 1. The highest BCUT2D eigenvalue weighted by atomic mass is 16.6. The third-order valence-electron chi connectivity index (χ3n) is 3.64. The molecule has 0 bridgehead atoms. The number of aryl methyl sites for hydroxylation is 1. The van der Waals surface area contributed by atoms with Gasteiger partial charge in [-0.1, -0.05) is 0 Å². The lowest BCUT2D eigenvalue weighted by atomic mass is 10.1. The van der Waals surface area contributed by atoms with Crippen molar-refractivity contribution in [1.29, 1.82) is 0 Å². The monoisotopic (exact) mass is 309 g/mol. The van der Waals surface area contributed by atoms with Gasteiger partial charge >= 0.3 is 6.09 Å². The van der Waals surface area contributed by atoms with E-state index >= 15 is 0 Å². The van der Waals surface area contributed by atoms with Gasteiger partial charge in [0.1, 0.15) is 5.60 Å². The van der Waals surface area contributed by atoms with E-state index in [4.69, 9.17) is 10.5 Å². The summed E-state index contributed by atoms with van der Waals surface area (Å²) in [4.78, 5) is 13.8. The second kappa shape index (κ2) is 6.56. The summed E-state index contributed by atoms with van der Waals surface area (Å²) in [5.74, 6) is 0. The van der Waals surface area contributed by atoms with Gasteiger partial charge in [0.25, 0.3) is 0 Å². The molecule has 1 aliphatic heterocycles. The van der Waals surface area contributed by atoms with Crippen LogP contribution in [-0.2, 0) is 18.3 Å². The molecule has 0 aliphatic carbocycles. The second-order valence-corrected chi connectivity index (χ2v) is 6.83. The van der Waals surface area contributed by atoms with Crippen molar-refractivity contribution in [1.82, 2.24) is 20.0 Å². The molecule has 0 unspecified atom stereocenters. The molecule has 1 saturated heterocycles. The minimum Gasteiger partial charge on any atom is -0.444 e. The highest BCUT2D eigenvalue weighted by molar-refractivity contribution is 5.68. The molecule has 124 valence electrons. The van der Waals surface area contributed by atoms with Crippen molar-refractivity contribution in [3.8, 4) is 0 Å². The Bertz CT molecular complexity index is 512. The number of hydrogen-bond donors (Lipinski definition) is 2. The molecule has 0 spiro atoms. The van der Waals surface area contributed by atoms with Gasteiger partial charge in [0, 0.05) is 38.9 Å². The van der Waals surface area contributed by atoms with Crippen molar-refractivity contribution in [2.45, 2.75) is 51.8 Å². The first kappa shape index (κ1) is 16.6. The number of nitrogens with zero attached hydrogens (tertiary/aromatic N) is 3. The van der Waals surface area contributed by atoms with Crippen LogP contribution in [0, 0.1) is 0 Å². The fraction of sp³-hybridized carbons (Fsp3) is 0.733. The van der Waals surface area contributed by atoms with E-state index in [1.165, 1.54) is 0 Å². The molecule has 0 aromatic carbocycles. The molecule has 1 aliphatic rings.